The van der Waals surface area contributed by atoms with Crippen molar-refractivity contribution >= 4 is 44.6 Å². The van der Waals surface area contributed by atoms with Gasteiger partial charge in [-0.2, -0.15) is 13.2 Å². The Morgan fingerprint density at radius 2 is 1.96 bits per heavy atom. The van der Waals surface area contributed by atoms with Crippen molar-refractivity contribution in [3.05, 3.63) is 40.2 Å². The van der Waals surface area contributed by atoms with E-state index in [4.69, 9.17) is 11.6 Å². The molecule has 0 bridgehead atoms. The molecule has 1 heterocycles. The summed E-state index contributed by atoms with van der Waals surface area (Å²) < 4.78 is 68.9. The highest BCUT2D eigenvalue weighted by molar-refractivity contribution is 7.94. The molecule has 1 aromatic heterocycles. The lowest BCUT2D eigenvalue weighted by atomic mass is 10.3. The van der Waals surface area contributed by atoms with Gasteiger partial charge in [0.15, 0.2) is 6.61 Å². The second kappa shape index (κ2) is 8.36. The van der Waals surface area contributed by atoms with Crippen LogP contribution in [0.5, 0.6) is 5.75 Å². The summed E-state index contributed by atoms with van der Waals surface area (Å²) in [5.74, 6) is -0.577. The Kier molecular flexibility index (Phi) is 6.60. The van der Waals surface area contributed by atoms with Crippen LogP contribution in [-0.2, 0) is 21.4 Å². The number of benzene rings is 1. The highest BCUT2D eigenvalue weighted by Gasteiger charge is 2.29. The average molecular weight is 443 g/mol. The molecule has 148 valence electrons. The Morgan fingerprint density at radius 1 is 1.26 bits per heavy atom. The molecule has 0 unspecified atom stereocenters. The molecule has 6 nitrogen and oxygen atoms in total. The number of alkyl halides is 3. The van der Waals surface area contributed by atoms with Gasteiger partial charge in [-0.15, -0.1) is 11.3 Å². The normalized spacial score (nSPS) is 11.9. The summed E-state index contributed by atoms with van der Waals surface area (Å²) >= 11 is 6.72. The van der Waals surface area contributed by atoms with Crippen molar-refractivity contribution in [2.75, 3.05) is 11.3 Å². The van der Waals surface area contributed by atoms with Crippen molar-refractivity contribution < 1.29 is 31.1 Å². The Bertz CT molecular complexity index is 929. The number of sulfonamides is 1. The standard InChI is InChI=1S/C15H14ClF3N2O4S2/c1-9(22)20-7-11-3-5-14(26-11)27(23,24)21-12-6-10(16)2-4-13(12)25-8-15(17,18)19/h2-6,21H,7-8H2,1H3,(H,20,22). The molecule has 0 radical (unpaired) electrons. The van der Waals surface area contributed by atoms with Gasteiger partial charge in [0.05, 0.1) is 12.2 Å². The molecular formula is C15H14ClF3N2O4S2. The highest BCUT2D eigenvalue weighted by atomic mass is 35.5. The molecule has 2 aromatic rings. The number of rotatable bonds is 7. The predicted molar refractivity (Wildman–Crippen MR) is 95.7 cm³/mol. The number of carbonyl (C=O) groups is 1. The van der Waals surface area contributed by atoms with Crippen LogP contribution in [0.4, 0.5) is 18.9 Å². The van der Waals surface area contributed by atoms with Gasteiger partial charge in [0.1, 0.15) is 9.96 Å². The van der Waals surface area contributed by atoms with Crippen molar-refractivity contribution in [1.82, 2.24) is 5.32 Å². The maximum absolute atomic E-state index is 12.5. The minimum absolute atomic E-state index is 0.0791. The zero-order chi connectivity index (χ0) is 20.2. The minimum atomic E-state index is -4.58. The molecule has 1 aromatic carbocycles. The van der Waals surface area contributed by atoms with Gasteiger partial charge >= 0.3 is 6.18 Å². The van der Waals surface area contributed by atoms with Crippen LogP contribution in [-0.4, -0.2) is 27.1 Å². The van der Waals surface area contributed by atoms with Crippen LogP contribution in [0.1, 0.15) is 11.8 Å². The minimum Gasteiger partial charge on any atom is -0.482 e. The van der Waals surface area contributed by atoms with Crippen LogP contribution < -0.4 is 14.8 Å². The van der Waals surface area contributed by atoms with E-state index in [1.807, 2.05) is 0 Å². The molecule has 0 aliphatic rings. The smallest absolute Gasteiger partial charge is 0.422 e. The number of halogens is 4. The number of hydrogen-bond acceptors (Lipinski definition) is 5. The van der Waals surface area contributed by atoms with E-state index in [2.05, 4.69) is 14.8 Å². The third kappa shape index (κ3) is 6.60. The quantitative estimate of drug-likeness (QED) is 0.683. The first kappa shape index (κ1) is 21.3. The van der Waals surface area contributed by atoms with Gasteiger partial charge in [-0.05, 0) is 30.3 Å². The molecule has 0 aliphatic carbocycles. The van der Waals surface area contributed by atoms with Crippen LogP contribution in [0.2, 0.25) is 5.02 Å². The number of hydrogen-bond donors (Lipinski definition) is 2. The summed E-state index contributed by atoms with van der Waals surface area (Å²) in [4.78, 5) is 11.5. The fourth-order valence-corrected chi connectivity index (χ4v) is 4.40. The van der Waals surface area contributed by atoms with Gasteiger partial charge < -0.3 is 10.1 Å². The molecule has 0 saturated carbocycles. The molecule has 1 amide bonds. The summed E-state index contributed by atoms with van der Waals surface area (Å²) in [6, 6.07) is 6.42. The summed E-state index contributed by atoms with van der Waals surface area (Å²) in [7, 11) is -4.09. The Balaban J connectivity index is 2.21. The van der Waals surface area contributed by atoms with E-state index >= 15 is 0 Å². The predicted octanol–water partition coefficient (Wildman–Crippen LogP) is 3.78. The fourth-order valence-electron chi connectivity index (χ4n) is 1.87. The molecule has 2 N–H and O–H groups in total. The molecule has 0 fully saturated rings. The molecule has 0 aliphatic heterocycles. The third-order valence-electron chi connectivity index (χ3n) is 2.99. The van der Waals surface area contributed by atoms with Crippen LogP contribution in [0.15, 0.2) is 34.5 Å². The van der Waals surface area contributed by atoms with Gasteiger partial charge in [-0.1, -0.05) is 11.6 Å². The Labute approximate surface area is 162 Å². The zero-order valence-corrected chi connectivity index (χ0v) is 16.2. The van der Waals surface area contributed by atoms with Crippen molar-refractivity contribution in [1.29, 1.82) is 0 Å². The van der Waals surface area contributed by atoms with E-state index in [1.54, 1.807) is 0 Å². The summed E-state index contributed by atoms with van der Waals surface area (Å²) in [6.45, 7) is -0.0930. The topological polar surface area (TPSA) is 84.5 Å². The first-order valence-electron chi connectivity index (χ1n) is 7.31. The Morgan fingerprint density at radius 3 is 2.59 bits per heavy atom. The van der Waals surface area contributed by atoms with Crippen LogP contribution >= 0.6 is 22.9 Å². The van der Waals surface area contributed by atoms with E-state index in [1.165, 1.54) is 25.1 Å². The second-order valence-electron chi connectivity index (χ2n) is 5.28. The Hall–Kier alpha value is -1.98. The third-order valence-corrected chi connectivity index (χ3v) is 6.17. The highest BCUT2D eigenvalue weighted by Crippen LogP contribution is 2.32. The summed E-state index contributed by atoms with van der Waals surface area (Å²) in [5, 5.41) is 2.65. The van der Waals surface area contributed by atoms with Crippen LogP contribution in [0.3, 0.4) is 0 Å². The van der Waals surface area contributed by atoms with Crippen LogP contribution in [0, 0.1) is 0 Å². The van der Waals surface area contributed by atoms with E-state index in [0.717, 1.165) is 23.5 Å². The summed E-state index contributed by atoms with van der Waals surface area (Å²) in [6.07, 6.45) is -4.58. The SMILES string of the molecule is CC(=O)NCc1ccc(S(=O)(=O)Nc2cc(Cl)ccc2OCC(F)(F)F)s1. The second-order valence-corrected chi connectivity index (χ2v) is 8.79. The van der Waals surface area contributed by atoms with E-state index in [-0.39, 0.29) is 33.1 Å². The van der Waals surface area contributed by atoms with Gasteiger partial charge in [0, 0.05) is 16.8 Å². The summed E-state index contributed by atoms with van der Waals surface area (Å²) in [5.41, 5.74) is -0.219. The van der Waals surface area contributed by atoms with Crippen molar-refractivity contribution in [3.8, 4) is 5.75 Å². The first-order valence-corrected chi connectivity index (χ1v) is 9.99. The van der Waals surface area contributed by atoms with Gasteiger partial charge in [-0.25, -0.2) is 8.42 Å². The van der Waals surface area contributed by atoms with E-state index in [9.17, 15) is 26.4 Å². The first-order chi connectivity index (χ1) is 12.5. The number of nitrogens with one attached hydrogen (secondary N) is 2. The monoisotopic (exact) mass is 442 g/mol. The van der Waals surface area contributed by atoms with Gasteiger partial charge in [-0.3, -0.25) is 9.52 Å². The van der Waals surface area contributed by atoms with Crippen LogP contribution in [0.25, 0.3) is 0 Å². The molecule has 0 atom stereocenters. The lowest BCUT2D eigenvalue weighted by molar-refractivity contribution is -0.153. The van der Waals surface area contributed by atoms with E-state index in [0.29, 0.717) is 4.88 Å². The molecule has 0 saturated heterocycles. The molecule has 2 rings (SSSR count). The van der Waals surface area contributed by atoms with Crippen molar-refractivity contribution in [2.45, 2.75) is 23.9 Å². The van der Waals surface area contributed by atoms with Crippen molar-refractivity contribution in [2.24, 2.45) is 0 Å². The number of carbonyl (C=O) groups excluding carboxylic acids is 1. The molecule has 27 heavy (non-hydrogen) atoms. The average Bonchev–Trinajstić information content (AvgIpc) is 3.01. The zero-order valence-electron chi connectivity index (χ0n) is 13.8. The maximum Gasteiger partial charge on any atom is 0.422 e. The number of thiophene rings is 1. The largest absolute Gasteiger partial charge is 0.482 e. The lowest BCUT2D eigenvalue weighted by Gasteiger charge is -2.14. The molecular weight excluding hydrogens is 429 g/mol. The lowest BCUT2D eigenvalue weighted by Crippen LogP contribution is -2.20. The van der Waals surface area contributed by atoms with Gasteiger partial charge in [0.2, 0.25) is 5.91 Å². The maximum atomic E-state index is 12.5. The van der Waals surface area contributed by atoms with Gasteiger partial charge in [0.25, 0.3) is 10.0 Å². The fraction of sp³-hybridized carbons (Fsp3) is 0.267. The number of amides is 1. The molecule has 12 heteroatoms. The van der Waals surface area contributed by atoms with E-state index < -0.39 is 22.8 Å². The number of ether oxygens (including phenoxy) is 1. The number of anilines is 1. The van der Waals surface area contributed by atoms with Crippen molar-refractivity contribution in [3.63, 3.8) is 0 Å². The molecule has 0 spiro atoms.